The van der Waals surface area contributed by atoms with Crippen molar-refractivity contribution >= 4 is 23.2 Å². The molecule has 110 valence electrons. The van der Waals surface area contributed by atoms with Crippen LogP contribution in [0.3, 0.4) is 0 Å². The Bertz CT molecular complexity index is 621. The maximum Gasteiger partial charge on any atom is 0.241 e. The molecule has 6 heteroatoms. The average Bonchev–Trinajstić information content (AvgIpc) is 3.02. The van der Waals surface area contributed by atoms with Gasteiger partial charge < -0.3 is 10.6 Å². The molecule has 1 aliphatic rings. The number of nitrogens with one attached hydrogen (secondary N) is 2. The average molecular weight is 305 g/mol. The smallest absolute Gasteiger partial charge is 0.241 e. The van der Waals surface area contributed by atoms with E-state index in [9.17, 15) is 4.79 Å². The van der Waals surface area contributed by atoms with Crippen LogP contribution in [-0.4, -0.2) is 28.3 Å². The summed E-state index contributed by atoms with van der Waals surface area (Å²) in [4.78, 5) is 12.4. The van der Waals surface area contributed by atoms with E-state index in [1.807, 2.05) is 18.2 Å². The zero-order chi connectivity index (χ0) is 14.7. The molecule has 1 atom stereocenters. The highest BCUT2D eigenvalue weighted by molar-refractivity contribution is 6.33. The fourth-order valence-corrected chi connectivity index (χ4v) is 2.81. The van der Waals surface area contributed by atoms with Crippen molar-refractivity contribution in [3.63, 3.8) is 0 Å². The maximum absolute atomic E-state index is 12.4. The van der Waals surface area contributed by atoms with Gasteiger partial charge in [0, 0.05) is 12.4 Å². The normalized spacial score (nSPS) is 18.4. The molecule has 1 aromatic heterocycles. The maximum atomic E-state index is 12.4. The minimum absolute atomic E-state index is 0.0228. The van der Waals surface area contributed by atoms with E-state index in [0.29, 0.717) is 16.4 Å². The molecule has 0 unspecified atom stereocenters. The highest BCUT2D eigenvalue weighted by Gasteiger charge is 2.22. The second-order valence-corrected chi connectivity index (χ2v) is 5.49. The molecular weight excluding hydrogens is 288 g/mol. The van der Waals surface area contributed by atoms with Crippen molar-refractivity contribution < 1.29 is 4.79 Å². The van der Waals surface area contributed by atoms with Gasteiger partial charge in [0.2, 0.25) is 5.91 Å². The summed E-state index contributed by atoms with van der Waals surface area (Å²) in [6.45, 7) is 0.889. The Kier molecular flexibility index (Phi) is 4.22. The zero-order valence-electron chi connectivity index (χ0n) is 11.6. The van der Waals surface area contributed by atoms with Gasteiger partial charge in [0.15, 0.2) is 0 Å². The number of aromatic nitrogens is 2. The first kappa shape index (κ1) is 14.1. The Morgan fingerprint density at radius 3 is 3.00 bits per heavy atom. The number of piperidine rings is 1. The van der Waals surface area contributed by atoms with Gasteiger partial charge in [0.05, 0.1) is 16.8 Å². The Morgan fingerprint density at radius 2 is 2.29 bits per heavy atom. The molecule has 0 spiro atoms. The van der Waals surface area contributed by atoms with Gasteiger partial charge in [-0.25, -0.2) is 4.68 Å². The topological polar surface area (TPSA) is 59.0 Å². The van der Waals surface area contributed by atoms with E-state index in [0.717, 1.165) is 25.8 Å². The van der Waals surface area contributed by atoms with Crippen molar-refractivity contribution in [2.24, 2.45) is 0 Å². The lowest BCUT2D eigenvalue weighted by Crippen LogP contribution is -2.43. The molecule has 1 fully saturated rings. The number of rotatable bonds is 3. The Morgan fingerprint density at radius 1 is 1.38 bits per heavy atom. The molecular formula is C15H17ClN4O. The second kappa shape index (κ2) is 6.28. The van der Waals surface area contributed by atoms with Crippen LogP contribution in [0, 0.1) is 0 Å². The lowest BCUT2D eigenvalue weighted by Gasteiger charge is -2.23. The number of anilines is 1. The number of para-hydroxylation sites is 1. The summed E-state index contributed by atoms with van der Waals surface area (Å²) >= 11 is 6.26. The Hall–Kier alpha value is -1.85. The molecule has 1 saturated heterocycles. The van der Waals surface area contributed by atoms with Crippen LogP contribution in [0.1, 0.15) is 19.3 Å². The summed E-state index contributed by atoms with van der Waals surface area (Å²) in [5.74, 6) is -0.0228. The number of carbonyl (C=O) groups is 1. The fourth-order valence-electron chi connectivity index (χ4n) is 2.55. The van der Waals surface area contributed by atoms with E-state index in [1.54, 1.807) is 23.1 Å². The van der Waals surface area contributed by atoms with Crippen LogP contribution >= 0.6 is 11.6 Å². The summed E-state index contributed by atoms with van der Waals surface area (Å²) in [5.41, 5.74) is 1.36. The third kappa shape index (κ3) is 3.09. The fraction of sp³-hybridized carbons (Fsp3) is 0.333. The van der Waals surface area contributed by atoms with Crippen molar-refractivity contribution in [3.8, 4) is 5.69 Å². The van der Waals surface area contributed by atoms with Crippen molar-refractivity contribution in [2.45, 2.75) is 25.3 Å². The van der Waals surface area contributed by atoms with E-state index in [-0.39, 0.29) is 11.9 Å². The molecule has 0 bridgehead atoms. The molecule has 3 rings (SSSR count). The van der Waals surface area contributed by atoms with Gasteiger partial charge in [0.1, 0.15) is 5.69 Å². The van der Waals surface area contributed by atoms with Gasteiger partial charge in [-0.3, -0.25) is 4.79 Å². The third-order valence-electron chi connectivity index (χ3n) is 3.60. The van der Waals surface area contributed by atoms with Crippen LogP contribution in [0.4, 0.5) is 5.69 Å². The number of nitrogens with zero attached hydrogens (tertiary/aromatic N) is 2. The van der Waals surface area contributed by atoms with Crippen LogP contribution in [0.2, 0.25) is 5.02 Å². The number of carbonyl (C=O) groups excluding carboxylic acids is 1. The number of halogens is 1. The summed E-state index contributed by atoms with van der Waals surface area (Å²) < 4.78 is 1.66. The molecule has 1 aromatic carbocycles. The van der Waals surface area contributed by atoms with Crippen LogP contribution in [0.5, 0.6) is 0 Å². The molecule has 5 nitrogen and oxygen atoms in total. The van der Waals surface area contributed by atoms with Crippen LogP contribution in [-0.2, 0) is 4.79 Å². The lowest BCUT2D eigenvalue weighted by molar-refractivity contribution is -0.118. The molecule has 1 aliphatic heterocycles. The van der Waals surface area contributed by atoms with Gasteiger partial charge in [0.25, 0.3) is 0 Å². The number of benzene rings is 1. The standard InChI is InChI=1S/C15H17ClN4O/c16-11-5-3-7-12(14(11)20-10-4-9-18-20)19-15(21)13-6-1-2-8-17-13/h3-5,7,9-10,13,17H,1-2,6,8H2,(H,19,21)/t13-/m1/s1. The van der Waals surface area contributed by atoms with Crippen LogP contribution in [0.15, 0.2) is 36.7 Å². The number of hydrogen-bond donors (Lipinski definition) is 2. The molecule has 21 heavy (non-hydrogen) atoms. The minimum atomic E-state index is -0.136. The summed E-state index contributed by atoms with van der Waals surface area (Å²) in [5, 5.41) is 10.9. The summed E-state index contributed by atoms with van der Waals surface area (Å²) in [7, 11) is 0. The van der Waals surface area contributed by atoms with Crippen LogP contribution in [0.25, 0.3) is 5.69 Å². The third-order valence-corrected chi connectivity index (χ3v) is 3.91. The number of hydrogen-bond acceptors (Lipinski definition) is 3. The van der Waals surface area contributed by atoms with Crippen molar-refractivity contribution in [1.29, 1.82) is 0 Å². The lowest BCUT2D eigenvalue weighted by atomic mass is 10.0. The Balaban J connectivity index is 1.85. The molecule has 1 amide bonds. The minimum Gasteiger partial charge on any atom is -0.323 e. The highest BCUT2D eigenvalue weighted by Crippen LogP contribution is 2.28. The highest BCUT2D eigenvalue weighted by atomic mass is 35.5. The van der Waals surface area contributed by atoms with Gasteiger partial charge in [-0.05, 0) is 37.6 Å². The summed E-state index contributed by atoms with van der Waals surface area (Å²) in [6.07, 6.45) is 6.54. The van der Waals surface area contributed by atoms with Crippen LogP contribution < -0.4 is 10.6 Å². The predicted octanol–water partition coefficient (Wildman–Crippen LogP) is 2.61. The quantitative estimate of drug-likeness (QED) is 0.916. The molecule has 2 heterocycles. The molecule has 2 aromatic rings. The largest absolute Gasteiger partial charge is 0.323 e. The van der Waals surface area contributed by atoms with Crippen molar-refractivity contribution in [3.05, 3.63) is 41.7 Å². The Labute approximate surface area is 128 Å². The predicted molar refractivity (Wildman–Crippen MR) is 82.8 cm³/mol. The van der Waals surface area contributed by atoms with Crippen molar-refractivity contribution in [2.75, 3.05) is 11.9 Å². The van der Waals surface area contributed by atoms with Gasteiger partial charge in [-0.2, -0.15) is 5.10 Å². The zero-order valence-corrected chi connectivity index (χ0v) is 12.3. The van der Waals surface area contributed by atoms with E-state index in [2.05, 4.69) is 15.7 Å². The van der Waals surface area contributed by atoms with Crippen molar-refractivity contribution in [1.82, 2.24) is 15.1 Å². The van der Waals surface area contributed by atoms with E-state index < -0.39 is 0 Å². The second-order valence-electron chi connectivity index (χ2n) is 5.08. The first-order valence-electron chi connectivity index (χ1n) is 7.08. The van der Waals surface area contributed by atoms with E-state index in [4.69, 9.17) is 11.6 Å². The monoisotopic (exact) mass is 304 g/mol. The van der Waals surface area contributed by atoms with Gasteiger partial charge in [-0.15, -0.1) is 0 Å². The molecule has 2 N–H and O–H groups in total. The van der Waals surface area contributed by atoms with Gasteiger partial charge in [-0.1, -0.05) is 24.1 Å². The van der Waals surface area contributed by atoms with E-state index >= 15 is 0 Å². The number of amides is 1. The first-order valence-corrected chi connectivity index (χ1v) is 7.46. The molecule has 0 saturated carbocycles. The summed E-state index contributed by atoms with van der Waals surface area (Å²) in [6, 6.07) is 7.12. The first-order chi connectivity index (χ1) is 10.3. The van der Waals surface area contributed by atoms with Gasteiger partial charge >= 0.3 is 0 Å². The molecule has 0 aliphatic carbocycles. The SMILES string of the molecule is O=C(Nc1cccc(Cl)c1-n1cccn1)[C@H]1CCCCN1. The van der Waals surface area contributed by atoms with E-state index in [1.165, 1.54) is 0 Å². The molecule has 0 radical (unpaired) electrons.